The van der Waals surface area contributed by atoms with Crippen molar-refractivity contribution in [2.75, 3.05) is 13.1 Å². The van der Waals surface area contributed by atoms with Gasteiger partial charge in [0.15, 0.2) is 0 Å². The number of aromatic nitrogens is 2. The number of aryl methyl sites for hydroxylation is 1. The van der Waals surface area contributed by atoms with E-state index in [4.69, 9.17) is 5.10 Å². The van der Waals surface area contributed by atoms with E-state index in [1.54, 1.807) is 0 Å². The van der Waals surface area contributed by atoms with Crippen LogP contribution in [0.25, 0.3) is 11.3 Å². The fraction of sp³-hybridized carbons (Fsp3) is 0.524. The molecule has 1 amide bonds. The highest BCUT2D eigenvalue weighted by molar-refractivity contribution is 5.79. The fourth-order valence-electron chi connectivity index (χ4n) is 4.41. The molecule has 1 aromatic carbocycles. The summed E-state index contributed by atoms with van der Waals surface area (Å²) >= 11 is 0. The number of rotatable bonds is 2. The van der Waals surface area contributed by atoms with Crippen molar-refractivity contribution >= 4 is 5.91 Å². The smallest absolute Gasteiger partial charge is 0.225 e. The Bertz CT molecular complexity index is 776. The molecule has 1 aliphatic heterocycles. The van der Waals surface area contributed by atoms with E-state index in [0.29, 0.717) is 0 Å². The lowest BCUT2D eigenvalue weighted by atomic mass is 9.86. The molecule has 0 bridgehead atoms. The van der Waals surface area contributed by atoms with Gasteiger partial charge in [-0.05, 0) is 32.1 Å². The van der Waals surface area contributed by atoms with Gasteiger partial charge < -0.3 is 10.0 Å². The van der Waals surface area contributed by atoms with Crippen LogP contribution in [0.5, 0.6) is 0 Å². The summed E-state index contributed by atoms with van der Waals surface area (Å²) in [6.45, 7) is 1.52. The summed E-state index contributed by atoms with van der Waals surface area (Å²) in [5, 5.41) is 14.4. The first-order chi connectivity index (χ1) is 12.6. The molecular weight excluding hydrogens is 326 g/mol. The van der Waals surface area contributed by atoms with Crippen LogP contribution < -0.4 is 0 Å². The van der Waals surface area contributed by atoms with Gasteiger partial charge in [-0.3, -0.25) is 9.48 Å². The maximum absolute atomic E-state index is 12.9. The van der Waals surface area contributed by atoms with Crippen molar-refractivity contribution in [3.8, 4) is 11.3 Å². The molecule has 1 saturated carbocycles. The highest BCUT2D eigenvalue weighted by Crippen LogP contribution is 2.30. The van der Waals surface area contributed by atoms with Crippen LogP contribution in [0, 0.1) is 5.92 Å². The van der Waals surface area contributed by atoms with Crippen molar-refractivity contribution in [1.82, 2.24) is 14.7 Å². The van der Waals surface area contributed by atoms with Crippen LogP contribution in [0.15, 0.2) is 30.3 Å². The Hall–Kier alpha value is -2.14. The molecule has 5 heteroatoms. The first-order valence-corrected chi connectivity index (χ1v) is 9.70. The summed E-state index contributed by atoms with van der Waals surface area (Å²) in [6, 6.07) is 10.3. The second kappa shape index (κ2) is 7.23. The summed E-state index contributed by atoms with van der Waals surface area (Å²) in [4.78, 5) is 15.0. The molecule has 138 valence electrons. The number of amides is 1. The first kappa shape index (κ1) is 17.3. The van der Waals surface area contributed by atoms with Crippen molar-refractivity contribution in [3.05, 3.63) is 41.6 Å². The summed E-state index contributed by atoms with van der Waals surface area (Å²) in [7, 11) is 2.01. The van der Waals surface area contributed by atoms with Crippen molar-refractivity contribution in [1.29, 1.82) is 0 Å². The quantitative estimate of drug-likeness (QED) is 0.903. The van der Waals surface area contributed by atoms with Gasteiger partial charge in [-0.2, -0.15) is 5.10 Å². The van der Waals surface area contributed by atoms with Crippen molar-refractivity contribution < 1.29 is 9.90 Å². The molecule has 2 heterocycles. The van der Waals surface area contributed by atoms with Gasteiger partial charge in [-0.25, -0.2) is 0 Å². The molecule has 1 fully saturated rings. The number of carbonyl (C=O) groups excluding carboxylic acids is 1. The van der Waals surface area contributed by atoms with Crippen LogP contribution in [0.4, 0.5) is 0 Å². The minimum Gasteiger partial charge on any atom is -0.393 e. The second-order valence-electron chi connectivity index (χ2n) is 7.59. The van der Waals surface area contributed by atoms with E-state index < -0.39 is 0 Å². The topological polar surface area (TPSA) is 58.4 Å². The third-order valence-electron chi connectivity index (χ3n) is 5.93. The molecular formula is C21H27N3O2. The van der Waals surface area contributed by atoms with Crippen molar-refractivity contribution in [3.63, 3.8) is 0 Å². The predicted molar refractivity (Wildman–Crippen MR) is 101 cm³/mol. The average Bonchev–Trinajstić information content (AvgIpc) is 2.84. The van der Waals surface area contributed by atoms with Gasteiger partial charge in [0.2, 0.25) is 5.91 Å². The normalized spacial score (nSPS) is 23.4. The number of nitrogens with zero attached hydrogens (tertiary/aromatic N) is 3. The highest BCUT2D eigenvalue weighted by atomic mass is 16.3. The molecule has 2 aromatic rings. The van der Waals surface area contributed by atoms with E-state index in [2.05, 4.69) is 12.1 Å². The van der Waals surface area contributed by atoms with E-state index in [-0.39, 0.29) is 17.9 Å². The number of fused-ring (bicyclic) bond motifs is 1. The molecule has 0 spiro atoms. The Labute approximate surface area is 154 Å². The molecule has 0 unspecified atom stereocenters. The Kier molecular flexibility index (Phi) is 4.81. The molecule has 2 aliphatic rings. The number of benzene rings is 1. The largest absolute Gasteiger partial charge is 0.393 e. The van der Waals surface area contributed by atoms with Crippen molar-refractivity contribution in [2.45, 2.75) is 44.6 Å². The Morgan fingerprint density at radius 3 is 2.50 bits per heavy atom. The van der Waals surface area contributed by atoms with E-state index in [1.165, 1.54) is 11.3 Å². The van der Waals surface area contributed by atoms with E-state index in [1.807, 2.05) is 34.8 Å². The number of carbonyl (C=O) groups is 1. The van der Waals surface area contributed by atoms with E-state index in [0.717, 1.165) is 62.9 Å². The van der Waals surface area contributed by atoms with Gasteiger partial charge in [0.05, 0.1) is 11.8 Å². The summed E-state index contributed by atoms with van der Waals surface area (Å²) in [5.74, 6) is 0.366. The Morgan fingerprint density at radius 1 is 1.08 bits per heavy atom. The van der Waals surface area contributed by atoms with Crippen LogP contribution >= 0.6 is 0 Å². The number of hydrogen-bond donors (Lipinski definition) is 1. The lowest BCUT2D eigenvalue weighted by Crippen LogP contribution is -2.39. The molecule has 26 heavy (non-hydrogen) atoms. The van der Waals surface area contributed by atoms with E-state index in [9.17, 15) is 9.90 Å². The predicted octanol–water partition coefficient (Wildman–Crippen LogP) is 2.57. The van der Waals surface area contributed by atoms with Gasteiger partial charge in [-0.1, -0.05) is 30.3 Å². The molecule has 1 aromatic heterocycles. The number of aliphatic hydroxyl groups excluding tert-OH is 1. The molecule has 0 radical (unpaired) electrons. The zero-order valence-corrected chi connectivity index (χ0v) is 15.4. The third-order valence-corrected chi connectivity index (χ3v) is 5.93. The number of hydrogen-bond acceptors (Lipinski definition) is 3. The SMILES string of the molecule is Cn1nc(-c2ccccc2)c2c1CCN(C(=O)C1CCC(O)CC1)CC2. The number of aliphatic hydroxyl groups is 1. The van der Waals surface area contributed by atoms with Crippen LogP contribution in [0.1, 0.15) is 36.9 Å². The van der Waals surface area contributed by atoms with Crippen LogP contribution in [0.3, 0.4) is 0 Å². The summed E-state index contributed by atoms with van der Waals surface area (Å²) in [6.07, 6.45) is 4.65. The molecule has 1 aliphatic carbocycles. The molecule has 0 atom stereocenters. The van der Waals surface area contributed by atoms with Crippen LogP contribution in [-0.2, 0) is 24.7 Å². The van der Waals surface area contributed by atoms with Crippen molar-refractivity contribution in [2.24, 2.45) is 13.0 Å². The molecule has 0 saturated heterocycles. The minimum absolute atomic E-state index is 0.0892. The second-order valence-corrected chi connectivity index (χ2v) is 7.59. The van der Waals surface area contributed by atoms with Gasteiger partial charge in [-0.15, -0.1) is 0 Å². The van der Waals surface area contributed by atoms with E-state index >= 15 is 0 Å². The monoisotopic (exact) mass is 353 g/mol. The Balaban J connectivity index is 1.52. The average molecular weight is 353 g/mol. The van der Waals surface area contributed by atoms with Gasteiger partial charge in [0, 0.05) is 49.3 Å². The fourth-order valence-corrected chi connectivity index (χ4v) is 4.41. The standard InChI is InChI=1S/C21H27N3O2/c1-23-19-12-14-24(21(26)16-7-9-17(25)10-8-16)13-11-18(19)20(22-23)15-5-3-2-4-6-15/h2-6,16-17,25H,7-14H2,1H3. The minimum atomic E-state index is -0.216. The maximum Gasteiger partial charge on any atom is 0.225 e. The Morgan fingerprint density at radius 2 is 1.77 bits per heavy atom. The summed E-state index contributed by atoms with van der Waals surface area (Å²) in [5.41, 5.74) is 4.73. The maximum atomic E-state index is 12.9. The molecule has 5 nitrogen and oxygen atoms in total. The highest BCUT2D eigenvalue weighted by Gasteiger charge is 2.31. The first-order valence-electron chi connectivity index (χ1n) is 9.70. The van der Waals surface area contributed by atoms with Crippen LogP contribution in [-0.4, -0.2) is 44.9 Å². The zero-order valence-electron chi connectivity index (χ0n) is 15.4. The molecule has 4 rings (SSSR count). The van der Waals surface area contributed by atoms with Gasteiger partial charge in [0.1, 0.15) is 0 Å². The lowest BCUT2D eigenvalue weighted by Gasteiger charge is -2.30. The molecule has 1 N–H and O–H groups in total. The lowest BCUT2D eigenvalue weighted by molar-refractivity contribution is -0.137. The van der Waals surface area contributed by atoms with Crippen LogP contribution in [0.2, 0.25) is 0 Å². The third kappa shape index (κ3) is 3.28. The van der Waals surface area contributed by atoms with Gasteiger partial charge >= 0.3 is 0 Å². The zero-order chi connectivity index (χ0) is 18.1. The van der Waals surface area contributed by atoms with Gasteiger partial charge in [0.25, 0.3) is 0 Å². The summed E-state index contributed by atoms with van der Waals surface area (Å²) < 4.78 is 1.99.